The molecule has 0 unspecified atom stereocenters. The van der Waals surface area contributed by atoms with Gasteiger partial charge in [-0.3, -0.25) is 4.72 Å². The Morgan fingerprint density at radius 1 is 0.900 bits per heavy atom. The number of benzene rings is 2. The van der Waals surface area contributed by atoms with Gasteiger partial charge in [0.25, 0.3) is 10.0 Å². The molecule has 204 valence electrons. The van der Waals surface area contributed by atoms with E-state index in [2.05, 4.69) is 30.2 Å². The zero-order valence-corrected chi connectivity index (χ0v) is 22.8. The van der Waals surface area contributed by atoms with Crippen molar-refractivity contribution in [2.75, 3.05) is 17.1 Å². The molecule has 0 atom stereocenters. The first kappa shape index (κ1) is 27.1. The largest absolute Gasteiger partial charge is 0.357 e. The lowest BCUT2D eigenvalue weighted by Gasteiger charge is -2.13. The number of anilines is 2. The first-order valence-electron chi connectivity index (χ1n) is 11.7. The number of hydrogen-bond acceptors (Lipinski definition) is 9. The maximum Gasteiger partial charge on any atom is 0.267 e. The third kappa shape index (κ3) is 5.10. The predicted octanol–water partition coefficient (Wildman–Crippen LogP) is 5.60. The molecule has 5 aromatic rings. The number of nitrogens with zero attached hydrogens (tertiary/aromatic N) is 5. The fourth-order valence-electron chi connectivity index (χ4n) is 3.78. The maximum atomic E-state index is 16.0. The third-order valence-electron chi connectivity index (χ3n) is 5.78. The number of aryl methyl sites for hydroxylation is 2. The van der Waals surface area contributed by atoms with Gasteiger partial charge in [0.05, 0.1) is 22.0 Å². The molecule has 0 radical (unpaired) electrons. The van der Waals surface area contributed by atoms with E-state index in [0.717, 1.165) is 18.2 Å². The van der Waals surface area contributed by atoms with Crippen molar-refractivity contribution in [3.8, 4) is 32.4 Å². The Morgan fingerprint density at radius 2 is 1.65 bits per heavy atom. The van der Waals surface area contributed by atoms with Crippen LogP contribution in [0, 0.1) is 31.3 Å². The Labute approximate surface area is 231 Å². The predicted molar refractivity (Wildman–Crippen MR) is 146 cm³/mol. The third-order valence-corrected chi connectivity index (χ3v) is 8.30. The summed E-state index contributed by atoms with van der Waals surface area (Å²) < 4.78 is 72.9. The van der Waals surface area contributed by atoms with Crippen LogP contribution in [0.5, 0.6) is 0 Å². The second-order valence-electron chi connectivity index (χ2n) is 8.51. The molecule has 0 fully saturated rings. The molecule has 0 saturated carbocycles. The average molecular weight is 584 g/mol. The summed E-state index contributed by atoms with van der Waals surface area (Å²) >= 11 is 1.20. The van der Waals surface area contributed by atoms with Crippen LogP contribution in [0.25, 0.3) is 32.4 Å². The quantitative estimate of drug-likeness (QED) is 0.254. The topological polar surface area (TPSA) is 123 Å². The Morgan fingerprint density at radius 3 is 2.38 bits per heavy atom. The molecule has 0 saturated heterocycles. The minimum atomic E-state index is -4.83. The molecule has 0 spiro atoms. The van der Waals surface area contributed by atoms with Gasteiger partial charge >= 0.3 is 0 Å². The van der Waals surface area contributed by atoms with Gasteiger partial charge in [0, 0.05) is 36.8 Å². The number of sulfonamides is 1. The lowest BCUT2D eigenvalue weighted by Crippen LogP contribution is -2.18. The highest BCUT2D eigenvalue weighted by Crippen LogP contribution is 2.42. The molecule has 2 N–H and O–H groups in total. The smallest absolute Gasteiger partial charge is 0.267 e. The van der Waals surface area contributed by atoms with E-state index in [0.29, 0.717) is 32.9 Å². The number of halogens is 3. The maximum absolute atomic E-state index is 16.0. The van der Waals surface area contributed by atoms with Gasteiger partial charge in [0.15, 0.2) is 10.7 Å². The summed E-state index contributed by atoms with van der Waals surface area (Å²) in [5.74, 6) is -2.69. The van der Waals surface area contributed by atoms with Gasteiger partial charge < -0.3 is 5.32 Å². The van der Waals surface area contributed by atoms with E-state index in [1.807, 2.05) is 4.72 Å². The van der Waals surface area contributed by atoms with Crippen molar-refractivity contribution in [2.24, 2.45) is 0 Å². The van der Waals surface area contributed by atoms with E-state index >= 15 is 4.39 Å². The normalized spacial score (nSPS) is 11.4. The van der Waals surface area contributed by atoms with Gasteiger partial charge in [-0.25, -0.2) is 46.5 Å². The number of nitrogens with one attached hydrogen (secondary N) is 2. The second-order valence-corrected chi connectivity index (χ2v) is 11.1. The van der Waals surface area contributed by atoms with Crippen LogP contribution in [0.3, 0.4) is 0 Å². The van der Waals surface area contributed by atoms with Crippen LogP contribution in [-0.2, 0) is 10.0 Å². The molecule has 0 bridgehead atoms. The summed E-state index contributed by atoms with van der Waals surface area (Å²) in [5.41, 5.74) is 0.500. The Bertz CT molecular complexity index is 1850. The van der Waals surface area contributed by atoms with Crippen molar-refractivity contribution < 1.29 is 21.6 Å². The van der Waals surface area contributed by atoms with Crippen molar-refractivity contribution in [1.82, 2.24) is 24.9 Å². The molecule has 3 heterocycles. The summed E-state index contributed by atoms with van der Waals surface area (Å²) in [4.78, 5) is 20.8. The summed E-state index contributed by atoms with van der Waals surface area (Å²) in [7, 11) is -3.19. The molecule has 40 heavy (non-hydrogen) atoms. The average Bonchev–Trinajstić information content (AvgIpc) is 3.37. The van der Waals surface area contributed by atoms with Crippen LogP contribution in [0.4, 0.5) is 24.8 Å². The van der Waals surface area contributed by atoms with Gasteiger partial charge in [-0.15, -0.1) is 11.3 Å². The van der Waals surface area contributed by atoms with Gasteiger partial charge in [0.1, 0.15) is 22.5 Å². The fraction of sp³-hybridized carbons (Fsp3) is 0.115. The molecule has 0 amide bonds. The molecule has 0 aliphatic heterocycles. The van der Waals surface area contributed by atoms with Gasteiger partial charge in [-0.2, -0.15) is 0 Å². The zero-order valence-electron chi connectivity index (χ0n) is 21.2. The van der Waals surface area contributed by atoms with Gasteiger partial charge in [-0.1, -0.05) is 12.1 Å². The molecule has 3 aromatic heterocycles. The van der Waals surface area contributed by atoms with Crippen molar-refractivity contribution in [1.29, 1.82) is 0 Å². The number of aromatic nitrogens is 5. The zero-order chi connectivity index (χ0) is 28.6. The molecule has 14 heteroatoms. The molecular weight excluding hydrogens is 563 g/mol. The Balaban J connectivity index is 1.65. The first-order chi connectivity index (χ1) is 19.1. The highest BCUT2D eigenvalue weighted by molar-refractivity contribution is 7.92. The monoisotopic (exact) mass is 583 g/mol. The minimum Gasteiger partial charge on any atom is -0.357 e. The lowest BCUT2D eigenvalue weighted by molar-refractivity contribution is 0.516. The van der Waals surface area contributed by atoms with E-state index in [1.165, 1.54) is 36.6 Å². The summed E-state index contributed by atoms with van der Waals surface area (Å²) in [5, 5.41) is 3.31. The van der Waals surface area contributed by atoms with Gasteiger partial charge in [-0.05, 0) is 43.7 Å². The van der Waals surface area contributed by atoms with E-state index in [-0.39, 0.29) is 16.8 Å². The van der Waals surface area contributed by atoms with Crippen LogP contribution < -0.4 is 10.0 Å². The van der Waals surface area contributed by atoms with E-state index in [4.69, 9.17) is 0 Å². The number of thiazole rings is 1. The summed E-state index contributed by atoms with van der Waals surface area (Å²) in [6.45, 7) is 3.03. The lowest BCUT2D eigenvalue weighted by atomic mass is 10.1. The van der Waals surface area contributed by atoms with Crippen LogP contribution in [0.1, 0.15) is 11.4 Å². The second kappa shape index (κ2) is 10.6. The fourth-order valence-corrected chi connectivity index (χ4v) is 6.07. The van der Waals surface area contributed by atoms with Crippen LogP contribution >= 0.6 is 11.3 Å². The number of hydrogen-bond donors (Lipinski definition) is 2. The molecule has 0 aliphatic carbocycles. The van der Waals surface area contributed by atoms with E-state index in [1.54, 1.807) is 32.4 Å². The van der Waals surface area contributed by atoms with E-state index in [9.17, 15) is 17.2 Å². The van der Waals surface area contributed by atoms with Crippen LogP contribution in [0.2, 0.25) is 0 Å². The SMILES string of the molecule is CNc1nccc(-c2sc(-c3cnc(C)nc3)nc2-c2cccc(NS(=O)(=O)c3c(F)ccc(C)c3F)c2F)n1. The molecule has 0 aliphatic rings. The van der Waals surface area contributed by atoms with Crippen molar-refractivity contribution >= 4 is 33.0 Å². The minimum absolute atomic E-state index is 0.0689. The first-order valence-corrected chi connectivity index (χ1v) is 14.0. The molecular formula is C26H20F3N7O2S2. The molecule has 9 nitrogen and oxygen atoms in total. The Kier molecular flexibility index (Phi) is 7.21. The summed E-state index contributed by atoms with van der Waals surface area (Å²) in [6.07, 6.45) is 4.69. The number of rotatable bonds is 7. The Hall–Kier alpha value is -4.43. The van der Waals surface area contributed by atoms with Crippen molar-refractivity contribution in [3.05, 3.63) is 83.8 Å². The van der Waals surface area contributed by atoms with Gasteiger partial charge in [0.2, 0.25) is 5.95 Å². The summed E-state index contributed by atoms with van der Waals surface area (Å²) in [6, 6.07) is 7.52. The molecule has 2 aromatic carbocycles. The van der Waals surface area contributed by atoms with Crippen molar-refractivity contribution in [2.45, 2.75) is 18.7 Å². The van der Waals surface area contributed by atoms with Crippen LogP contribution in [-0.4, -0.2) is 40.4 Å². The van der Waals surface area contributed by atoms with Crippen molar-refractivity contribution in [3.63, 3.8) is 0 Å². The highest BCUT2D eigenvalue weighted by Gasteiger charge is 2.28. The molecule has 5 rings (SSSR count). The standard InChI is InChI=1S/C26H20F3N7O2S2/c1-13-7-8-17(27)24(20(13)28)40(37,38)36-18-6-4-5-16(21(18)29)22-23(19-9-10-31-26(30-3)34-19)39-25(35-22)15-11-32-14(2)33-12-15/h4-12,36H,1-3H3,(H,30,31,34). The van der Waals surface area contributed by atoms with Crippen LogP contribution in [0.15, 0.2) is 59.9 Å². The highest BCUT2D eigenvalue weighted by atomic mass is 32.2. The van der Waals surface area contributed by atoms with E-state index < -0.39 is 38.1 Å².